The predicted octanol–water partition coefficient (Wildman–Crippen LogP) is 5.26. The number of rotatable bonds is 8. The second-order valence-corrected chi connectivity index (χ2v) is 7.40. The number of hydrogen-bond acceptors (Lipinski definition) is 6. The number of unbranched alkanes of at least 4 members (excludes halogenated alkanes) is 1. The predicted molar refractivity (Wildman–Crippen MR) is 119 cm³/mol. The van der Waals surface area contributed by atoms with Gasteiger partial charge >= 0.3 is 0 Å². The number of benzene rings is 2. The van der Waals surface area contributed by atoms with Gasteiger partial charge in [-0.15, -0.1) is 0 Å². The van der Waals surface area contributed by atoms with E-state index in [0.29, 0.717) is 29.4 Å². The highest BCUT2D eigenvalue weighted by Gasteiger charge is 2.25. The van der Waals surface area contributed by atoms with Crippen LogP contribution in [0.4, 0.5) is 0 Å². The molecule has 164 valence electrons. The number of nitriles is 1. The van der Waals surface area contributed by atoms with Gasteiger partial charge in [-0.05, 0) is 67.0 Å². The molecule has 6 heteroatoms. The smallest absolute Gasteiger partial charge is 0.203 e. The van der Waals surface area contributed by atoms with E-state index in [9.17, 15) is 5.11 Å². The van der Waals surface area contributed by atoms with Gasteiger partial charge in [-0.25, -0.2) is 0 Å². The second-order valence-electron chi connectivity index (χ2n) is 7.40. The van der Waals surface area contributed by atoms with Crippen molar-refractivity contribution < 1.29 is 24.1 Å². The van der Waals surface area contributed by atoms with Crippen molar-refractivity contribution in [1.82, 2.24) is 0 Å². The maximum atomic E-state index is 10.8. The van der Waals surface area contributed by atoms with Crippen molar-refractivity contribution in [3.63, 3.8) is 0 Å². The Morgan fingerprint density at radius 2 is 1.61 bits per heavy atom. The van der Waals surface area contributed by atoms with Crippen molar-refractivity contribution in [2.24, 2.45) is 0 Å². The highest BCUT2D eigenvalue weighted by atomic mass is 16.5. The molecule has 0 saturated heterocycles. The van der Waals surface area contributed by atoms with Gasteiger partial charge in [0.2, 0.25) is 5.75 Å². The van der Waals surface area contributed by atoms with Gasteiger partial charge in [0.05, 0.1) is 34.5 Å². The molecule has 2 aromatic carbocycles. The minimum atomic E-state index is 0.184. The maximum absolute atomic E-state index is 10.8. The van der Waals surface area contributed by atoms with Gasteiger partial charge in [-0.3, -0.25) is 0 Å². The van der Waals surface area contributed by atoms with Crippen LogP contribution in [-0.2, 0) is 6.42 Å². The molecule has 0 spiro atoms. The first kappa shape index (κ1) is 22.4. The first-order valence-electron chi connectivity index (χ1n) is 10.4. The van der Waals surface area contributed by atoms with Crippen molar-refractivity contribution in [3.05, 3.63) is 46.5 Å². The van der Waals surface area contributed by atoms with E-state index < -0.39 is 0 Å². The normalized spacial score (nSPS) is 13.1. The lowest BCUT2D eigenvalue weighted by Gasteiger charge is -2.20. The molecular formula is C25H29NO5. The Morgan fingerprint density at radius 1 is 0.935 bits per heavy atom. The fourth-order valence-electron chi connectivity index (χ4n) is 4.28. The largest absolute Gasteiger partial charge is 0.504 e. The average molecular weight is 424 g/mol. The third-order valence-corrected chi connectivity index (χ3v) is 5.71. The van der Waals surface area contributed by atoms with Crippen LogP contribution in [0.3, 0.4) is 0 Å². The Bertz CT molecular complexity index is 994. The summed E-state index contributed by atoms with van der Waals surface area (Å²) in [7, 11) is 6.33. The number of nitrogens with zero attached hydrogens (tertiary/aromatic N) is 1. The third kappa shape index (κ3) is 4.41. The second kappa shape index (κ2) is 10.1. The summed E-state index contributed by atoms with van der Waals surface area (Å²) in [5.74, 6) is 2.33. The van der Waals surface area contributed by atoms with Crippen LogP contribution in [0.15, 0.2) is 29.8 Å². The molecule has 0 heterocycles. The van der Waals surface area contributed by atoms with Crippen LogP contribution >= 0.6 is 0 Å². The monoisotopic (exact) mass is 423 g/mol. The summed E-state index contributed by atoms with van der Waals surface area (Å²) in [6, 6.07) is 9.92. The van der Waals surface area contributed by atoms with E-state index in [1.54, 1.807) is 34.5 Å². The summed E-state index contributed by atoms with van der Waals surface area (Å²) in [5, 5.41) is 19.9. The Kier molecular flexibility index (Phi) is 7.30. The minimum Gasteiger partial charge on any atom is -0.504 e. The molecular weight excluding hydrogens is 394 g/mol. The quantitative estimate of drug-likeness (QED) is 0.584. The van der Waals surface area contributed by atoms with Crippen LogP contribution < -0.4 is 18.9 Å². The lowest BCUT2D eigenvalue weighted by atomic mass is 9.88. The molecule has 1 aliphatic carbocycles. The van der Waals surface area contributed by atoms with E-state index in [2.05, 4.69) is 6.07 Å². The third-order valence-electron chi connectivity index (χ3n) is 5.71. The van der Waals surface area contributed by atoms with Gasteiger partial charge in [-0.2, -0.15) is 5.26 Å². The number of fused-ring (bicyclic) bond motifs is 1. The molecule has 0 aliphatic heterocycles. The van der Waals surface area contributed by atoms with Crippen LogP contribution in [0.5, 0.6) is 28.7 Å². The Morgan fingerprint density at radius 3 is 2.19 bits per heavy atom. The topological polar surface area (TPSA) is 80.9 Å². The molecule has 0 amide bonds. The molecule has 6 nitrogen and oxygen atoms in total. The molecule has 2 aromatic rings. The van der Waals surface area contributed by atoms with E-state index in [1.807, 2.05) is 18.2 Å². The Hall–Kier alpha value is -3.33. The number of allylic oxidation sites excluding steroid dienone is 1. The molecule has 31 heavy (non-hydrogen) atoms. The molecule has 1 N–H and O–H groups in total. The summed E-state index contributed by atoms with van der Waals surface area (Å²) in [6.45, 7) is 0. The summed E-state index contributed by atoms with van der Waals surface area (Å²) in [6.07, 6.45) is 4.64. The van der Waals surface area contributed by atoms with Crippen LogP contribution in [0.25, 0.3) is 5.57 Å². The van der Waals surface area contributed by atoms with E-state index >= 15 is 0 Å². The number of hydrogen-bond donors (Lipinski definition) is 1. The number of ether oxygens (including phenoxy) is 4. The fraction of sp³-hybridized carbons (Fsp3) is 0.400. The van der Waals surface area contributed by atoms with E-state index in [-0.39, 0.29) is 5.75 Å². The molecule has 0 aromatic heterocycles. The fourth-order valence-corrected chi connectivity index (χ4v) is 4.28. The van der Waals surface area contributed by atoms with Gasteiger partial charge in [0, 0.05) is 12.0 Å². The van der Waals surface area contributed by atoms with Crippen molar-refractivity contribution >= 4 is 5.57 Å². The standard InChI is InChI=1S/C25H29NO5/c1-28-20-12-11-18-19(24(20)27)10-7-9-16(8-5-6-13-26)23(18)17-14-21(29-2)25(31-4)22(15-17)30-3/h11-12,14-15,27H,5-10H2,1-4H3. The highest BCUT2D eigenvalue weighted by Crippen LogP contribution is 2.46. The maximum Gasteiger partial charge on any atom is 0.203 e. The van der Waals surface area contributed by atoms with Crippen LogP contribution in [0.1, 0.15) is 48.8 Å². The number of phenols is 1. The minimum absolute atomic E-state index is 0.184. The summed E-state index contributed by atoms with van der Waals surface area (Å²) in [5.41, 5.74) is 5.07. The molecule has 0 bridgehead atoms. The first-order chi connectivity index (χ1) is 15.1. The number of phenolic OH excluding ortho intramolecular Hbond substituents is 1. The zero-order valence-electron chi connectivity index (χ0n) is 18.6. The molecule has 1 aliphatic rings. The van der Waals surface area contributed by atoms with E-state index in [0.717, 1.165) is 54.4 Å². The zero-order valence-corrected chi connectivity index (χ0v) is 18.6. The first-order valence-corrected chi connectivity index (χ1v) is 10.4. The van der Waals surface area contributed by atoms with Gasteiger partial charge in [0.1, 0.15) is 0 Å². The zero-order chi connectivity index (χ0) is 22.4. The summed E-state index contributed by atoms with van der Waals surface area (Å²) >= 11 is 0. The number of methoxy groups -OCH3 is 4. The van der Waals surface area contributed by atoms with Crippen molar-refractivity contribution in [1.29, 1.82) is 5.26 Å². The molecule has 0 saturated carbocycles. The van der Waals surface area contributed by atoms with Crippen molar-refractivity contribution in [2.45, 2.75) is 38.5 Å². The van der Waals surface area contributed by atoms with Crippen LogP contribution in [0.2, 0.25) is 0 Å². The van der Waals surface area contributed by atoms with Crippen molar-refractivity contribution in [2.75, 3.05) is 28.4 Å². The van der Waals surface area contributed by atoms with Gasteiger partial charge in [0.25, 0.3) is 0 Å². The number of aromatic hydroxyl groups is 1. The van der Waals surface area contributed by atoms with Crippen LogP contribution in [-0.4, -0.2) is 33.5 Å². The molecule has 0 unspecified atom stereocenters. The van der Waals surface area contributed by atoms with Gasteiger partial charge in [-0.1, -0.05) is 11.6 Å². The Balaban J connectivity index is 2.28. The molecule has 0 atom stereocenters. The van der Waals surface area contributed by atoms with E-state index in [1.165, 1.54) is 5.57 Å². The lowest BCUT2D eigenvalue weighted by molar-refractivity contribution is 0.324. The average Bonchev–Trinajstić information content (AvgIpc) is 2.98. The highest BCUT2D eigenvalue weighted by molar-refractivity contribution is 5.87. The molecule has 0 radical (unpaired) electrons. The molecule has 0 fully saturated rings. The lowest BCUT2D eigenvalue weighted by Crippen LogP contribution is -2.01. The summed E-state index contributed by atoms with van der Waals surface area (Å²) in [4.78, 5) is 0. The van der Waals surface area contributed by atoms with Gasteiger partial charge in [0.15, 0.2) is 23.0 Å². The van der Waals surface area contributed by atoms with Gasteiger partial charge < -0.3 is 24.1 Å². The SMILES string of the molecule is COc1ccc2c(c1O)CCCC(CCCC#N)=C2c1cc(OC)c(OC)c(OC)c1. The van der Waals surface area contributed by atoms with E-state index in [4.69, 9.17) is 24.2 Å². The summed E-state index contributed by atoms with van der Waals surface area (Å²) < 4.78 is 22.0. The Labute approximate surface area is 183 Å². The molecule has 3 rings (SSSR count). The van der Waals surface area contributed by atoms with Crippen molar-refractivity contribution in [3.8, 4) is 34.8 Å². The van der Waals surface area contributed by atoms with Crippen LogP contribution in [0, 0.1) is 11.3 Å².